The number of carbonyl (C=O) groups excluding carboxylic acids is 1. The normalized spacial score (nSPS) is 14.8. The highest BCUT2D eigenvalue weighted by molar-refractivity contribution is 5.95. The minimum Gasteiger partial charge on any atom is -0.478 e. The van der Waals surface area contributed by atoms with Crippen LogP contribution in [0.1, 0.15) is 58.1 Å². The van der Waals surface area contributed by atoms with Gasteiger partial charge in [-0.2, -0.15) is 5.10 Å². The minimum atomic E-state index is -1.01. The molecule has 6 heteroatoms. The topological polar surface area (TPSA) is 84.2 Å². The Labute approximate surface area is 134 Å². The Balaban J connectivity index is 1.57. The van der Waals surface area contributed by atoms with E-state index < -0.39 is 5.97 Å². The van der Waals surface area contributed by atoms with E-state index in [4.69, 9.17) is 5.11 Å². The lowest BCUT2D eigenvalue weighted by Gasteiger charge is -2.09. The summed E-state index contributed by atoms with van der Waals surface area (Å²) in [6.45, 7) is 0.360. The number of hydrogen-bond donors (Lipinski definition) is 2. The van der Waals surface area contributed by atoms with Gasteiger partial charge in [-0.3, -0.25) is 9.48 Å². The molecule has 0 radical (unpaired) electrons. The molecule has 1 aromatic heterocycles. The molecule has 1 fully saturated rings. The van der Waals surface area contributed by atoms with E-state index in [9.17, 15) is 9.59 Å². The average molecular weight is 313 g/mol. The van der Waals surface area contributed by atoms with Crippen molar-refractivity contribution in [2.24, 2.45) is 0 Å². The molecule has 0 saturated heterocycles. The standard InChI is InChI=1S/C17H19N3O3/c21-16(12-5-7-13(8-6-12)17(22)23)18-11-14-9-10-20(19-14)15-3-1-2-4-15/h5-10,15H,1-4,11H2,(H,18,21)(H,22,23). The van der Waals surface area contributed by atoms with Crippen LogP contribution in [0.2, 0.25) is 0 Å². The predicted octanol–water partition coefficient (Wildman–Crippen LogP) is 2.63. The van der Waals surface area contributed by atoms with Crippen molar-refractivity contribution in [3.8, 4) is 0 Å². The summed E-state index contributed by atoms with van der Waals surface area (Å²) in [5, 5.41) is 16.2. The maximum atomic E-state index is 12.1. The molecule has 2 aromatic rings. The molecule has 0 unspecified atom stereocenters. The van der Waals surface area contributed by atoms with Gasteiger partial charge in [-0.1, -0.05) is 12.8 Å². The van der Waals surface area contributed by atoms with E-state index in [0.29, 0.717) is 18.2 Å². The third kappa shape index (κ3) is 3.59. The van der Waals surface area contributed by atoms with Gasteiger partial charge in [0.2, 0.25) is 0 Å². The minimum absolute atomic E-state index is 0.164. The van der Waals surface area contributed by atoms with Crippen molar-refractivity contribution in [2.45, 2.75) is 38.3 Å². The van der Waals surface area contributed by atoms with Crippen LogP contribution >= 0.6 is 0 Å². The molecular formula is C17H19N3O3. The van der Waals surface area contributed by atoms with Crippen LogP contribution in [0.15, 0.2) is 36.5 Å². The van der Waals surface area contributed by atoms with Gasteiger partial charge in [0.05, 0.1) is 23.8 Å². The quantitative estimate of drug-likeness (QED) is 0.888. The highest BCUT2D eigenvalue weighted by atomic mass is 16.4. The van der Waals surface area contributed by atoms with Gasteiger partial charge in [-0.05, 0) is 43.2 Å². The van der Waals surface area contributed by atoms with Gasteiger partial charge in [-0.15, -0.1) is 0 Å². The summed E-state index contributed by atoms with van der Waals surface area (Å²) in [5.74, 6) is -1.24. The Bertz CT molecular complexity index is 700. The first kappa shape index (κ1) is 15.3. The Hall–Kier alpha value is -2.63. The highest BCUT2D eigenvalue weighted by Crippen LogP contribution is 2.28. The molecule has 1 aliphatic carbocycles. The number of aromatic nitrogens is 2. The summed E-state index contributed by atoms with van der Waals surface area (Å²) in [4.78, 5) is 22.9. The van der Waals surface area contributed by atoms with Crippen molar-refractivity contribution in [3.05, 3.63) is 53.3 Å². The number of carboxylic acids is 1. The monoisotopic (exact) mass is 313 g/mol. The van der Waals surface area contributed by atoms with Gasteiger partial charge in [-0.25, -0.2) is 4.79 Å². The Morgan fingerprint density at radius 3 is 2.43 bits per heavy atom. The van der Waals surface area contributed by atoms with Crippen molar-refractivity contribution in [3.63, 3.8) is 0 Å². The molecule has 120 valence electrons. The van der Waals surface area contributed by atoms with Crippen molar-refractivity contribution < 1.29 is 14.7 Å². The summed E-state index contributed by atoms with van der Waals surface area (Å²) in [6, 6.07) is 8.28. The Morgan fingerprint density at radius 2 is 1.78 bits per heavy atom. The number of aromatic carboxylic acids is 1. The van der Waals surface area contributed by atoms with Crippen LogP contribution in [0.5, 0.6) is 0 Å². The summed E-state index contributed by atoms with van der Waals surface area (Å²) in [7, 11) is 0. The summed E-state index contributed by atoms with van der Waals surface area (Å²) >= 11 is 0. The van der Waals surface area contributed by atoms with Crippen LogP contribution in [-0.2, 0) is 6.54 Å². The molecule has 1 aliphatic rings. The van der Waals surface area contributed by atoms with Gasteiger partial charge in [0.15, 0.2) is 0 Å². The van der Waals surface area contributed by atoms with E-state index >= 15 is 0 Å². The second-order valence-electron chi connectivity index (χ2n) is 5.79. The lowest BCUT2D eigenvalue weighted by molar-refractivity contribution is 0.0696. The highest BCUT2D eigenvalue weighted by Gasteiger charge is 2.17. The molecule has 2 N–H and O–H groups in total. The fourth-order valence-corrected chi connectivity index (χ4v) is 2.88. The molecule has 0 bridgehead atoms. The molecule has 6 nitrogen and oxygen atoms in total. The SMILES string of the molecule is O=C(O)c1ccc(C(=O)NCc2ccn(C3CCCC3)n2)cc1. The molecule has 0 aliphatic heterocycles. The van der Waals surface area contributed by atoms with E-state index in [1.807, 2.05) is 16.9 Å². The summed E-state index contributed by atoms with van der Waals surface area (Å²) < 4.78 is 2.00. The van der Waals surface area contributed by atoms with Crippen LogP contribution in [0, 0.1) is 0 Å². The van der Waals surface area contributed by atoms with E-state index in [0.717, 1.165) is 5.69 Å². The third-order valence-electron chi connectivity index (χ3n) is 4.19. The smallest absolute Gasteiger partial charge is 0.335 e. The molecule has 1 saturated carbocycles. The van der Waals surface area contributed by atoms with Crippen LogP contribution in [0.3, 0.4) is 0 Å². The van der Waals surface area contributed by atoms with E-state index in [1.54, 1.807) is 0 Å². The van der Waals surface area contributed by atoms with Gasteiger partial charge in [0, 0.05) is 11.8 Å². The first-order valence-corrected chi connectivity index (χ1v) is 7.79. The first-order valence-electron chi connectivity index (χ1n) is 7.79. The van der Waals surface area contributed by atoms with Crippen LogP contribution in [-0.4, -0.2) is 26.8 Å². The van der Waals surface area contributed by atoms with Crippen molar-refractivity contribution in [1.82, 2.24) is 15.1 Å². The van der Waals surface area contributed by atoms with Crippen LogP contribution in [0.4, 0.5) is 0 Å². The fraction of sp³-hybridized carbons (Fsp3) is 0.353. The van der Waals surface area contributed by atoms with E-state index in [-0.39, 0.29) is 11.5 Å². The third-order valence-corrected chi connectivity index (χ3v) is 4.19. The average Bonchev–Trinajstić information content (AvgIpc) is 3.23. The first-order chi connectivity index (χ1) is 11.1. The zero-order valence-electron chi connectivity index (χ0n) is 12.7. The number of nitrogens with one attached hydrogen (secondary N) is 1. The largest absolute Gasteiger partial charge is 0.478 e. The Kier molecular flexibility index (Phi) is 4.41. The van der Waals surface area contributed by atoms with Gasteiger partial charge in [0.25, 0.3) is 5.91 Å². The second-order valence-corrected chi connectivity index (χ2v) is 5.79. The fourth-order valence-electron chi connectivity index (χ4n) is 2.88. The lowest BCUT2D eigenvalue weighted by Crippen LogP contribution is -2.23. The summed E-state index contributed by atoms with van der Waals surface area (Å²) in [6.07, 6.45) is 6.82. The zero-order chi connectivity index (χ0) is 16.2. The number of carbonyl (C=O) groups is 2. The number of amides is 1. The van der Waals surface area contributed by atoms with Crippen molar-refractivity contribution >= 4 is 11.9 Å². The molecule has 1 heterocycles. The number of benzene rings is 1. The summed E-state index contributed by atoms with van der Waals surface area (Å²) in [5.41, 5.74) is 1.43. The van der Waals surface area contributed by atoms with Crippen LogP contribution < -0.4 is 5.32 Å². The molecular weight excluding hydrogens is 294 g/mol. The molecule has 0 spiro atoms. The van der Waals surface area contributed by atoms with E-state index in [1.165, 1.54) is 49.9 Å². The van der Waals surface area contributed by atoms with Gasteiger partial charge >= 0.3 is 5.97 Å². The number of nitrogens with zero attached hydrogens (tertiary/aromatic N) is 2. The lowest BCUT2D eigenvalue weighted by atomic mass is 10.1. The van der Waals surface area contributed by atoms with Gasteiger partial charge < -0.3 is 10.4 Å². The number of rotatable bonds is 5. The molecule has 0 atom stereocenters. The van der Waals surface area contributed by atoms with Crippen LogP contribution in [0.25, 0.3) is 0 Å². The molecule has 23 heavy (non-hydrogen) atoms. The maximum Gasteiger partial charge on any atom is 0.335 e. The van der Waals surface area contributed by atoms with Gasteiger partial charge in [0.1, 0.15) is 0 Å². The second kappa shape index (κ2) is 6.64. The zero-order valence-corrected chi connectivity index (χ0v) is 12.7. The van der Waals surface area contributed by atoms with Crippen molar-refractivity contribution in [1.29, 1.82) is 0 Å². The molecule has 3 rings (SSSR count). The number of hydrogen-bond acceptors (Lipinski definition) is 3. The van der Waals surface area contributed by atoms with E-state index in [2.05, 4.69) is 10.4 Å². The van der Waals surface area contributed by atoms with Crippen molar-refractivity contribution in [2.75, 3.05) is 0 Å². The molecule has 1 amide bonds. The number of carboxylic acid groups (broad SMARTS) is 1. The predicted molar refractivity (Wildman–Crippen MR) is 84.3 cm³/mol. The Morgan fingerprint density at radius 1 is 1.13 bits per heavy atom. The maximum absolute atomic E-state index is 12.1. The molecule has 1 aromatic carbocycles.